The minimum Gasteiger partial charge on any atom is -0.397 e. The average Bonchev–Trinajstić information content (AvgIpc) is 3.07. The Bertz CT molecular complexity index is 816. The number of hydrogen-bond donors (Lipinski definition) is 3. The van der Waals surface area contributed by atoms with Crippen molar-refractivity contribution in [1.29, 1.82) is 0 Å². The predicted molar refractivity (Wildman–Crippen MR) is 76.3 cm³/mol. The number of nitrogens with two attached hydrogens (primary N) is 1. The Labute approximate surface area is 133 Å². The van der Waals surface area contributed by atoms with Crippen LogP contribution in [0.5, 0.6) is 0 Å². The molecule has 0 spiro atoms. The number of terminal acetylenes is 1. The molecule has 0 unspecified atom stereocenters. The van der Waals surface area contributed by atoms with Crippen LogP contribution in [0.4, 0.5) is 18.9 Å². The molecule has 3 rings (SSSR count). The molecule has 2 aromatic heterocycles. The molecule has 4 N–H and O–H groups in total. The Morgan fingerprint density at radius 3 is 2.75 bits per heavy atom. The van der Waals surface area contributed by atoms with Gasteiger partial charge in [0.15, 0.2) is 17.5 Å². The summed E-state index contributed by atoms with van der Waals surface area (Å²) in [6.45, 7) is -0.976. The van der Waals surface area contributed by atoms with Crippen LogP contribution in [0, 0.1) is 18.3 Å². The van der Waals surface area contributed by atoms with Crippen LogP contribution in [0.25, 0.3) is 11.2 Å². The van der Waals surface area contributed by atoms with Crippen LogP contribution in [0.1, 0.15) is 6.23 Å². The zero-order valence-electron chi connectivity index (χ0n) is 12.1. The number of fused-ring (bicyclic) bond motifs is 1. The normalized spacial score (nSPS) is 30.6. The summed E-state index contributed by atoms with van der Waals surface area (Å²) in [5, 5.41) is 19.5. The molecule has 0 amide bonds. The highest BCUT2D eigenvalue weighted by molar-refractivity contribution is 5.83. The summed E-state index contributed by atoms with van der Waals surface area (Å²) < 4.78 is 46.7. The first-order valence-corrected chi connectivity index (χ1v) is 6.83. The zero-order chi connectivity index (χ0) is 17.7. The first-order valence-electron chi connectivity index (χ1n) is 6.83. The third kappa shape index (κ3) is 2.21. The summed E-state index contributed by atoms with van der Waals surface area (Å²) in [5.74, 6) is -0.445. The number of aromatic nitrogens is 3. The van der Waals surface area contributed by atoms with E-state index in [0.29, 0.717) is 0 Å². The van der Waals surface area contributed by atoms with E-state index >= 15 is 0 Å². The van der Waals surface area contributed by atoms with E-state index in [0.717, 1.165) is 10.9 Å². The largest absolute Gasteiger partial charge is 0.398 e. The van der Waals surface area contributed by atoms with Gasteiger partial charge in [-0.05, 0) is 6.07 Å². The van der Waals surface area contributed by atoms with Crippen molar-refractivity contribution in [3.05, 3.63) is 18.6 Å². The van der Waals surface area contributed by atoms with Gasteiger partial charge in [0, 0.05) is 6.20 Å². The van der Waals surface area contributed by atoms with Crippen LogP contribution in [0.15, 0.2) is 18.6 Å². The fourth-order valence-electron chi connectivity index (χ4n) is 2.81. The van der Waals surface area contributed by atoms with E-state index in [1.54, 1.807) is 0 Å². The summed E-state index contributed by atoms with van der Waals surface area (Å²) >= 11 is 0. The molecule has 0 aliphatic carbocycles. The van der Waals surface area contributed by atoms with Crippen LogP contribution in [-0.4, -0.2) is 49.2 Å². The lowest BCUT2D eigenvalue weighted by atomic mass is 9.90. The number of ether oxygens (including phenoxy) is 1. The van der Waals surface area contributed by atoms with Crippen LogP contribution in [-0.2, 0) is 4.74 Å². The SMILES string of the molecule is C#C[C@]1(CO)O[C@@H](n2cnc3c(N)ccnc32)[C@@H](C(F)(F)F)[C@@H]1O. The molecule has 0 saturated carbocycles. The first-order chi connectivity index (χ1) is 11.2. The molecule has 1 aliphatic heterocycles. The Balaban J connectivity index is 2.17. The molecule has 24 heavy (non-hydrogen) atoms. The Morgan fingerprint density at radius 2 is 2.17 bits per heavy atom. The molecule has 3 heterocycles. The molecule has 4 atom stereocenters. The van der Waals surface area contributed by atoms with E-state index in [1.165, 1.54) is 12.3 Å². The molecule has 2 aromatic rings. The van der Waals surface area contributed by atoms with Crippen molar-refractivity contribution in [2.75, 3.05) is 12.3 Å². The minimum absolute atomic E-state index is 0.0483. The quantitative estimate of drug-likeness (QED) is 0.684. The Hall–Kier alpha value is -2.35. The highest BCUT2D eigenvalue weighted by Crippen LogP contribution is 2.49. The summed E-state index contributed by atoms with van der Waals surface area (Å²) in [7, 11) is 0. The molecular weight excluding hydrogens is 329 g/mol. The molecule has 1 aliphatic rings. The zero-order valence-corrected chi connectivity index (χ0v) is 12.1. The van der Waals surface area contributed by atoms with E-state index < -0.39 is 36.6 Å². The molecule has 0 aromatic carbocycles. The first kappa shape index (κ1) is 16.5. The third-order valence-electron chi connectivity index (χ3n) is 4.08. The van der Waals surface area contributed by atoms with Crippen molar-refractivity contribution in [2.24, 2.45) is 5.92 Å². The standard InChI is InChI=1S/C14H13F3N4O3/c1-2-13(5-22)10(23)8(14(15,16)17)12(24-13)21-6-20-9-7(18)3-4-19-11(9)21/h1,3-4,6,8,10,12,22-23H,5H2,(H2,18,19)/t8-,10-,12+,13+/m0/s1. The van der Waals surface area contributed by atoms with E-state index in [1.807, 2.05) is 5.92 Å². The smallest absolute Gasteiger partial charge is 0.397 e. The van der Waals surface area contributed by atoms with Crippen molar-refractivity contribution in [1.82, 2.24) is 14.5 Å². The average molecular weight is 342 g/mol. The van der Waals surface area contributed by atoms with E-state index in [-0.39, 0.29) is 16.9 Å². The number of hydrogen-bond acceptors (Lipinski definition) is 6. The van der Waals surface area contributed by atoms with Crippen molar-refractivity contribution >= 4 is 16.9 Å². The Kier molecular flexibility index (Phi) is 3.67. The summed E-state index contributed by atoms with van der Waals surface area (Å²) in [6.07, 6.45) is -1.15. The van der Waals surface area contributed by atoms with Gasteiger partial charge in [0.2, 0.25) is 0 Å². The van der Waals surface area contributed by atoms with Gasteiger partial charge in [0.1, 0.15) is 17.5 Å². The third-order valence-corrected chi connectivity index (χ3v) is 4.08. The highest BCUT2D eigenvalue weighted by Gasteiger charge is 2.64. The minimum atomic E-state index is -4.84. The van der Waals surface area contributed by atoms with Gasteiger partial charge >= 0.3 is 6.18 Å². The maximum absolute atomic E-state index is 13.5. The summed E-state index contributed by atoms with van der Waals surface area (Å²) in [4.78, 5) is 7.90. The lowest BCUT2D eigenvalue weighted by molar-refractivity contribution is -0.210. The summed E-state index contributed by atoms with van der Waals surface area (Å²) in [5.41, 5.74) is 4.01. The van der Waals surface area contributed by atoms with Crippen molar-refractivity contribution < 1.29 is 28.1 Å². The second-order valence-corrected chi connectivity index (χ2v) is 5.44. The number of rotatable bonds is 2. The van der Waals surface area contributed by atoms with Gasteiger partial charge in [0.05, 0.1) is 18.6 Å². The maximum Gasteiger partial charge on any atom is 0.398 e. The van der Waals surface area contributed by atoms with Crippen molar-refractivity contribution in [2.45, 2.75) is 24.1 Å². The number of halogens is 3. The number of pyridine rings is 1. The highest BCUT2D eigenvalue weighted by atomic mass is 19.4. The topological polar surface area (TPSA) is 106 Å². The van der Waals surface area contributed by atoms with Gasteiger partial charge in [-0.15, -0.1) is 6.42 Å². The lowest BCUT2D eigenvalue weighted by Crippen LogP contribution is -2.46. The predicted octanol–water partition coefficient (Wildman–Crippen LogP) is 0.446. The second-order valence-electron chi connectivity index (χ2n) is 5.44. The lowest BCUT2D eigenvalue weighted by Gasteiger charge is -2.25. The molecule has 10 heteroatoms. The van der Waals surface area contributed by atoms with E-state index in [9.17, 15) is 23.4 Å². The number of imidazole rings is 1. The fraction of sp³-hybridized carbons (Fsp3) is 0.429. The van der Waals surface area contributed by atoms with E-state index in [4.69, 9.17) is 16.9 Å². The van der Waals surface area contributed by atoms with Gasteiger partial charge in [-0.2, -0.15) is 13.2 Å². The molecular formula is C14H13F3N4O3. The fourth-order valence-corrected chi connectivity index (χ4v) is 2.81. The van der Waals surface area contributed by atoms with Gasteiger partial charge in [-0.3, -0.25) is 4.57 Å². The van der Waals surface area contributed by atoms with Gasteiger partial charge in [-0.1, -0.05) is 5.92 Å². The molecule has 1 saturated heterocycles. The van der Waals surface area contributed by atoms with Crippen LogP contribution < -0.4 is 5.73 Å². The van der Waals surface area contributed by atoms with Crippen LogP contribution in [0.2, 0.25) is 0 Å². The van der Waals surface area contributed by atoms with E-state index in [2.05, 4.69) is 9.97 Å². The van der Waals surface area contributed by atoms with Crippen LogP contribution in [0.3, 0.4) is 0 Å². The molecule has 7 nitrogen and oxygen atoms in total. The molecule has 0 radical (unpaired) electrons. The second kappa shape index (κ2) is 5.34. The number of aliphatic hydroxyl groups is 2. The van der Waals surface area contributed by atoms with Gasteiger partial charge in [0.25, 0.3) is 0 Å². The van der Waals surface area contributed by atoms with Crippen LogP contribution >= 0.6 is 0 Å². The number of alkyl halides is 3. The van der Waals surface area contributed by atoms with Gasteiger partial charge < -0.3 is 20.7 Å². The number of nitrogens with zero attached hydrogens (tertiary/aromatic N) is 3. The summed E-state index contributed by atoms with van der Waals surface area (Å²) in [6, 6.07) is 1.45. The molecule has 1 fully saturated rings. The number of aliphatic hydroxyl groups excluding tert-OH is 2. The Morgan fingerprint density at radius 1 is 1.46 bits per heavy atom. The number of nitrogen functional groups attached to an aromatic ring is 1. The van der Waals surface area contributed by atoms with Crippen molar-refractivity contribution in [3.63, 3.8) is 0 Å². The number of anilines is 1. The maximum atomic E-state index is 13.5. The van der Waals surface area contributed by atoms with Crippen molar-refractivity contribution in [3.8, 4) is 12.3 Å². The van der Waals surface area contributed by atoms with Gasteiger partial charge in [-0.25, -0.2) is 9.97 Å². The molecule has 0 bridgehead atoms. The monoisotopic (exact) mass is 342 g/mol. The molecule has 128 valence electrons.